The van der Waals surface area contributed by atoms with Gasteiger partial charge in [0.25, 0.3) is 11.6 Å². The highest BCUT2D eigenvalue weighted by atomic mass is 35.5. The monoisotopic (exact) mass is 410 g/mol. The molecule has 0 fully saturated rings. The lowest BCUT2D eigenvalue weighted by Crippen LogP contribution is -2.21. The molecular formula is C21H15ClN2O5. The van der Waals surface area contributed by atoms with Crippen LogP contribution in [0.2, 0.25) is 5.02 Å². The average molecular weight is 411 g/mol. The number of amides is 1. The summed E-state index contributed by atoms with van der Waals surface area (Å²) in [5.74, 6) is -1.33. The second-order valence-corrected chi connectivity index (χ2v) is 6.40. The lowest BCUT2D eigenvalue weighted by atomic mass is 10.0. The Hall–Kier alpha value is -3.71. The van der Waals surface area contributed by atoms with E-state index in [1.54, 1.807) is 24.3 Å². The molecule has 0 aromatic heterocycles. The number of rotatable bonds is 6. The summed E-state index contributed by atoms with van der Waals surface area (Å²) < 4.78 is 5.00. The minimum absolute atomic E-state index is 0.0640. The molecule has 0 spiro atoms. The quantitative estimate of drug-likeness (QED) is 0.360. The minimum atomic E-state index is -0.665. The van der Waals surface area contributed by atoms with Crippen molar-refractivity contribution in [3.05, 3.63) is 93.5 Å². The number of nitrogens with one attached hydrogen (secondary N) is 1. The molecule has 29 heavy (non-hydrogen) atoms. The van der Waals surface area contributed by atoms with Crippen molar-refractivity contribution in [1.82, 2.24) is 0 Å². The minimum Gasteiger partial charge on any atom is -0.452 e. The van der Waals surface area contributed by atoms with Gasteiger partial charge < -0.3 is 10.1 Å². The molecule has 3 aromatic carbocycles. The first-order valence-electron chi connectivity index (χ1n) is 8.50. The van der Waals surface area contributed by atoms with Gasteiger partial charge in [0, 0.05) is 12.1 Å². The molecule has 0 atom stereocenters. The third kappa shape index (κ3) is 5.18. The maximum Gasteiger partial charge on any atom is 0.338 e. The van der Waals surface area contributed by atoms with Crippen molar-refractivity contribution in [3.63, 3.8) is 0 Å². The van der Waals surface area contributed by atoms with Crippen LogP contribution in [0.4, 0.5) is 11.4 Å². The molecule has 0 saturated heterocycles. The summed E-state index contributed by atoms with van der Waals surface area (Å²) in [4.78, 5) is 34.4. The third-order valence-electron chi connectivity index (χ3n) is 4.00. The van der Waals surface area contributed by atoms with Gasteiger partial charge in [0.15, 0.2) is 6.61 Å². The second-order valence-electron chi connectivity index (χ2n) is 5.99. The molecule has 0 bridgehead atoms. The van der Waals surface area contributed by atoms with E-state index in [0.29, 0.717) is 5.56 Å². The second kappa shape index (κ2) is 8.99. The lowest BCUT2D eigenvalue weighted by Gasteiger charge is -2.08. The molecule has 8 heteroatoms. The van der Waals surface area contributed by atoms with Crippen molar-refractivity contribution >= 4 is 34.9 Å². The fraction of sp³-hybridized carbons (Fsp3) is 0.0476. The van der Waals surface area contributed by atoms with Crippen molar-refractivity contribution < 1.29 is 19.2 Å². The Bertz CT molecular complexity index is 1050. The summed E-state index contributed by atoms with van der Waals surface area (Å²) in [5, 5.41) is 13.3. The third-order valence-corrected chi connectivity index (χ3v) is 4.33. The van der Waals surface area contributed by atoms with E-state index >= 15 is 0 Å². The van der Waals surface area contributed by atoms with E-state index < -0.39 is 23.4 Å². The van der Waals surface area contributed by atoms with Gasteiger partial charge in [-0.05, 0) is 29.3 Å². The highest BCUT2D eigenvalue weighted by Crippen LogP contribution is 2.26. The lowest BCUT2D eigenvalue weighted by molar-refractivity contribution is -0.384. The van der Waals surface area contributed by atoms with Gasteiger partial charge in [-0.15, -0.1) is 0 Å². The number of carbonyl (C=O) groups excluding carboxylic acids is 2. The molecular weight excluding hydrogens is 396 g/mol. The SMILES string of the molecule is O=C(COC(=O)c1ccc(-c2ccccc2)cc1)Nc1cc([N+](=O)[O-])ccc1Cl. The van der Waals surface area contributed by atoms with Gasteiger partial charge >= 0.3 is 5.97 Å². The Morgan fingerprint density at radius 3 is 2.28 bits per heavy atom. The number of hydrogen-bond donors (Lipinski definition) is 1. The van der Waals surface area contributed by atoms with Gasteiger partial charge in [-0.1, -0.05) is 54.1 Å². The molecule has 0 aliphatic heterocycles. The Balaban J connectivity index is 1.58. The largest absolute Gasteiger partial charge is 0.452 e. The summed E-state index contributed by atoms with van der Waals surface area (Å²) >= 11 is 5.92. The van der Waals surface area contributed by atoms with Crippen LogP contribution >= 0.6 is 11.6 Å². The zero-order chi connectivity index (χ0) is 20.8. The molecule has 0 aliphatic rings. The van der Waals surface area contributed by atoms with Crippen molar-refractivity contribution in [1.29, 1.82) is 0 Å². The van der Waals surface area contributed by atoms with E-state index in [1.165, 1.54) is 12.1 Å². The number of carbonyl (C=O) groups is 2. The van der Waals surface area contributed by atoms with E-state index in [2.05, 4.69) is 5.32 Å². The molecule has 0 aliphatic carbocycles. The number of non-ortho nitro benzene ring substituents is 1. The van der Waals surface area contributed by atoms with Gasteiger partial charge in [0.2, 0.25) is 0 Å². The van der Waals surface area contributed by atoms with Crippen LogP contribution in [0.5, 0.6) is 0 Å². The summed E-state index contributed by atoms with van der Waals surface area (Å²) in [6.45, 7) is -0.557. The smallest absolute Gasteiger partial charge is 0.338 e. The van der Waals surface area contributed by atoms with Crippen molar-refractivity contribution in [2.75, 3.05) is 11.9 Å². The van der Waals surface area contributed by atoms with Gasteiger partial charge in [-0.25, -0.2) is 4.79 Å². The number of nitrogens with zero attached hydrogens (tertiary/aromatic N) is 1. The number of esters is 1. The number of ether oxygens (including phenoxy) is 1. The maximum atomic E-state index is 12.1. The Morgan fingerprint density at radius 2 is 1.62 bits per heavy atom. The molecule has 3 rings (SSSR count). The fourth-order valence-corrected chi connectivity index (χ4v) is 2.72. The molecule has 146 valence electrons. The van der Waals surface area contributed by atoms with E-state index in [9.17, 15) is 19.7 Å². The van der Waals surface area contributed by atoms with Crippen LogP contribution in [-0.2, 0) is 9.53 Å². The molecule has 1 amide bonds. The van der Waals surface area contributed by atoms with Crippen LogP contribution in [0.15, 0.2) is 72.8 Å². The molecule has 0 saturated carbocycles. The van der Waals surface area contributed by atoms with E-state index in [1.807, 2.05) is 30.3 Å². The molecule has 7 nitrogen and oxygen atoms in total. The number of halogens is 1. The average Bonchev–Trinajstić information content (AvgIpc) is 2.74. The summed E-state index contributed by atoms with van der Waals surface area (Å²) in [7, 11) is 0. The van der Waals surface area contributed by atoms with Gasteiger partial charge in [0.05, 0.1) is 21.2 Å². The van der Waals surface area contributed by atoms with Gasteiger partial charge in [0.1, 0.15) is 0 Å². The Morgan fingerprint density at radius 1 is 0.966 bits per heavy atom. The van der Waals surface area contributed by atoms with Crippen molar-refractivity contribution in [2.24, 2.45) is 0 Å². The first kappa shape index (κ1) is 20.0. The van der Waals surface area contributed by atoms with Crippen LogP contribution in [0.1, 0.15) is 10.4 Å². The predicted octanol–water partition coefficient (Wildman–Crippen LogP) is 4.71. The summed E-state index contributed by atoms with van der Waals surface area (Å²) in [6.07, 6.45) is 0. The highest BCUT2D eigenvalue weighted by molar-refractivity contribution is 6.33. The molecule has 0 heterocycles. The fourth-order valence-electron chi connectivity index (χ4n) is 2.55. The molecule has 0 unspecified atom stereocenters. The van der Waals surface area contributed by atoms with E-state index in [0.717, 1.165) is 17.2 Å². The van der Waals surface area contributed by atoms with Crippen LogP contribution in [-0.4, -0.2) is 23.4 Å². The number of nitro benzene ring substituents is 1. The predicted molar refractivity (Wildman–Crippen MR) is 109 cm³/mol. The summed E-state index contributed by atoms with van der Waals surface area (Å²) in [6, 6.07) is 20.1. The normalized spacial score (nSPS) is 10.2. The number of hydrogen-bond acceptors (Lipinski definition) is 5. The number of benzene rings is 3. The Kier molecular flexibility index (Phi) is 6.21. The first-order chi connectivity index (χ1) is 13.9. The van der Waals surface area contributed by atoms with E-state index in [4.69, 9.17) is 16.3 Å². The topological polar surface area (TPSA) is 98.5 Å². The van der Waals surface area contributed by atoms with Crippen LogP contribution < -0.4 is 5.32 Å². The van der Waals surface area contributed by atoms with Crippen LogP contribution in [0.25, 0.3) is 11.1 Å². The first-order valence-corrected chi connectivity index (χ1v) is 8.88. The zero-order valence-electron chi connectivity index (χ0n) is 15.0. The number of anilines is 1. The van der Waals surface area contributed by atoms with E-state index in [-0.39, 0.29) is 16.4 Å². The zero-order valence-corrected chi connectivity index (χ0v) is 15.8. The Labute approximate surface area is 171 Å². The standard InChI is InChI=1S/C21H15ClN2O5/c22-18-11-10-17(24(27)28)12-19(18)23-20(25)13-29-21(26)16-8-6-15(7-9-16)14-4-2-1-3-5-14/h1-12H,13H2,(H,23,25). The molecule has 1 N–H and O–H groups in total. The van der Waals surface area contributed by atoms with Crippen LogP contribution in [0.3, 0.4) is 0 Å². The van der Waals surface area contributed by atoms with Crippen molar-refractivity contribution in [3.8, 4) is 11.1 Å². The summed E-state index contributed by atoms with van der Waals surface area (Å²) in [5.41, 5.74) is 2.10. The van der Waals surface area contributed by atoms with Crippen LogP contribution in [0, 0.1) is 10.1 Å². The highest BCUT2D eigenvalue weighted by Gasteiger charge is 2.14. The maximum absolute atomic E-state index is 12.1. The van der Waals surface area contributed by atoms with Gasteiger partial charge in [-0.3, -0.25) is 14.9 Å². The van der Waals surface area contributed by atoms with Crippen molar-refractivity contribution in [2.45, 2.75) is 0 Å². The van der Waals surface area contributed by atoms with Gasteiger partial charge in [-0.2, -0.15) is 0 Å². The molecule has 3 aromatic rings. The number of nitro groups is 1. The molecule has 0 radical (unpaired) electrons.